The Kier molecular flexibility index (Phi) is 5.07. The fourth-order valence-corrected chi connectivity index (χ4v) is 4.32. The van der Waals surface area contributed by atoms with E-state index in [0.717, 1.165) is 43.5 Å². The maximum atomic E-state index is 13.0. The molecule has 2 aromatic rings. The first kappa shape index (κ1) is 17.3. The maximum Gasteiger partial charge on any atom is 0.272 e. The third-order valence-corrected chi connectivity index (χ3v) is 5.86. The highest BCUT2D eigenvalue weighted by Crippen LogP contribution is 2.24. The van der Waals surface area contributed by atoms with Gasteiger partial charge in [-0.15, -0.1) is 0 Å². The fourth-order valence-electron chi connectivity index (χ4n) is 4.32. The summed E-state index contributed by atoms with van der Waals surface area (Å²) in [4.78, 5) is 17.6. The van der Waals surface area contributed by atoms with Crippen LogP contribution in [0.2, 0.25) is 0 Å². The van der Waals surface area contributed by atoms with Crippen molar-refractivity contribution in [1.29, 1.82) is 0 Å². The third-order valence-electron chi connectivity index (χ3n) is 5.86. The largest absolute Gasteiger partial charge is 0.335 e. The molecule has 1 amide bonds. The van der Waals surface area contributed by atoms with Crippen molar-refractivity contribution in [3.8, 4) is 11.3 Å². The predicted molar refractivity (Wildman–Crippen MR) is 103 cm³/mol. The van der Waals surface area contributed by atoms with Gasteiger partial charge in [-0.2, -0.15) is 5.10 Å². The second kappa shape index (κ2) is 7.62. The van der Waals surface area contributed by atoms with Crippen molar-refractivity contribution in [2.45, 2.75) is 38.1 Å². The first-order chi connectivity index (χ1) is 12.7. The Hall–Kier alpha value is -2.14. The topological polar surface area (TPSA) is 41.4 Å². The molecule has 2 fully saturated rings. The molecular weight excluding hydrogens is 324 g/mol. The average molecular weight is 352 g/mol. The molecule has 0 N–H and O–H groups in total. The number of piperazine rings is 1. The second-order valence-corrected chi connectivity index (χ2v) is 7.52. The maximum absolute atomic E-state index is 13.0. The molecule has 2 aliphatic rings. The molecule has 2 heterocycles. The van der Waals surface area contributed by atoms with Crippen LogP contribution in [0.5, 0.6) is 0 Å². The lowest BCUT2D eigenvalue weighted by atomic mass is 9.94. The van der Waals surface area contributed by atoms with Crippen molar-refractivity contribution in [2.75, 3.05) is 26.2 Å². The molecule has 0 spiro atoms. The minimum Gasteiger partial charge on any atom is -0.335 e. The third kappa shape index (κ3) is 3.54. The Morgan fingerprint density at radius 2 is 1.69 bits per heavy atom. The molecule has 4 rings (SSSR count). The summed E-state index contributed by atoms with van der Waals surface area (Å²) in [6.07, 6.45) is 6.77. The van der Waals surface area contributed by atoms with Gasteiger partial charge >= 0.3 is 0 Å². The van der Waals surface area contributed by atoms with Gasteiger partial charge in [0.2, 0.25) is 0 Å². The zero-order valence-electron chi connectivity index (χ0n) is 15.6. The van der Waals surface area contributed by atoms with Crippen LogP contribution >= 0.6 is 0 Å². The molecule has 0 unspecified atom stereocenters. The number of benzene rings is 1. The van der Waals surface area contributed by atoms with E-state index in [4.69, 9.17) is 0 Å². The summed E-state index contributed by atoms with van der Waals surface area (Å²) in [5.74, 6) is 0.102. The Morgan fingerprint density at radius 1 is 1.00 bits per heavy atom. The molecule has 5 heteroatoms. The van der Waals surface area contributed by atoms with Gasteiger partial charge in [0.25, 0.3) is 5.91 Å². The number of carbonyl (C=O) groups excluding carboxylic acids is 1. The predicted octanol–water partition coefficient (Wildman–Crippen LogP) is 3.18. The summed E-state index contributed by atoms with van der Waals surface area (Å²) < 4.78 is 1.72. The lowest BCUT2D eigenvalue weighted by molar-refractivity contribution is 0.0514. The van der Waals surface area contributed by atoms with Crippen LogP contribution in [0.1, 0.15) is 42.6 Å². The number of hydrogen-bond acceptors (Lipinski definition) is 3. The zero-order chi connectivity index (χ0) is 17.9. The molecule has 1 saturated heterocycles. The molecule has 1 saturated carbocycles. The lowest BCUT2D eigenvalue weighted by Crippen LogP contribution is -2.52. The van der Waals surface area contributed by atoms with Gasteiger partial charge in [0, 0.05) is 44.8 Å². The summed E-state index contributed by atoms with van der Waals surface area (Å²) in [5, 5.41) is 4.54. The van der Waals surface area contributed by atoms with Gasteiger partial charge in [-0.05, 0) is 18.9 Å². The van der Waals surface area contributed by atoms with Crippen LogP contribution in [0.25, 0.3) is 11.3 Å². The van der Waals surface area contributed by atoms with E-state index in [2.05, 4.69) is 10.00 Å². The molecule has 5 nitrogen and oxygen atoms in total. The van der Waals surface area contributed by atoms with Crippen molar-refractivity contribution < 1.29 is 4.79 Å². The van der Waals surface area contributed by atoms with E-state index < -0.39 is 0 Å². The van der Waals surface area contributed by atoms with E-state index in [0.29, 0.717) is 5.69 Å². The van der Waals surface area contributed by atoms with Gasteiger partial charge < -0.3 is 4.90 Å². The fraction of sp³-hybridized carbons (Fsp3) is 0.524. The average Bonchev–Trinajstić information content (AvgIpc) is 3.10. The van der Waals surface area contributed by atoms with Crippen molar-refractivity contribution in [3.05, 3.63) is 42.1 Å². The molecule has 138 valence electrons. The number of hydrogen-bond donors (Lipinski definition) is 0. The van der Waals surface area contributed by atoms with Gasteiger partial charge in [-0.25, -0.2) is 0 Å². The number of rotatable bonds is 3. The van der Waals surface area contributed by atoms with Gasteiger partial charge in [0.05, 0.1) is 5.69 Å². The minimum absolute atomic E-state index is 0.102. The monoisotopic (exact) mass is 352 g/mol. The highest BCUT2D eigenvalue weighted by Gasteiger charge is 2.28. The molecule has 0 radical (unpaired) electrons. The van der Waals surface area contributed by atoms with E-state index in [-0.39, 0.29) is 5.91 Å². The van der Waals surface area contributed by atoms with Gasteiger partial charge in [-0.1, -0.05) is 49.6 Å². The van der Waals surface area contributed by atoms with Gasteiger partial charge in [0.1, 0.15) is 5.69 Å². The Labute approximate surface area is 155 Å². The highest BCUT2D eigenvalue weighted by molar-refractivity contribution is 5.93. The Bertz CT molecular complexity index is 741. The zero-order valence-corrected chi connectivity index (χ0v) is 15.6. The van der Waals surface area contributed by atoms with E-state index in [1.807, 2.05) is 48.3 Å². The number of aromatic nitrogens is 2. The molecule has 26 heavy (non-hydrogen) atoms. The van der Waals surface area contributed by atoms with E-state index in [1.165, 1.54) is 32.1 Å². The van der Waals surface area contributed by atoms with Crippen LogP contribution in [0.3, 0.4) is 0 Å². The van der Waals surface area contributed by atoms with Crippen molar-refractivity contribution in [2.24, 2.45) is 7.05 Å². The smallest absolute Gasteiger partial charge is 0.272 e. The SMILES string of the molecule is Cn1nc(-c2ccccc2)cc1C(=O)N1CCN(C2CCCCC2)CC1. The molecule has 0 atom stereocenters. The summed E-state index contributed by atoms with van der Waals surface area (Å²) in [6.45, 7) is 3.64. The van der Waals surface area contributed by atoms with Crippen LogP contribution < -0.4 is 0 Å². The van der Waals surface area contributed by atoms with Crippen LogP contribution in [0.4, 0.5) is 0 Å². The van der Waals surface area contributed by atoms with Crippen molar-refractivity contribution >= 4 is 5.91 Å². The lowest BCUT2D eigenvalue weighted by Gasteiger charge is -2.40. The quantitative estimate of drug-likeness (QED) is 0.852. The first-order valence-corrected chi connectivity index (χ1v) is 9.85. The number of aryl methyl sites for hydroxylation is 1. The van der Waals surface area contributed by atoms with Gasteiger partial charge in [-0.3, -0.25) is 14.4 Å². The standard InChI is InChI=1S/C21H28N4O/c1-23-20(16-19(22-23)17-8-4-2-5-9-17)21(26)25-14-12-24(13-15-25)18-10-6-3-7-11-18/h2,4-5,8-9,16,18H,3,6-7,10-15H2,1H3. The van der Waals surface area contributed by atoms with Crippen molar-refractivity contribution in [3.63, 3.8) is 0 Å². The van der Waals surface area contributed by atoms with Crippen LogP contribution in [-0.4, -0.2) is 57.7 Å². The Balaban J connectivity index is 1.41. The molecule has 1 aliphatic carbocycles. The van der Waals surface area contributed by atoms with Gasteiger partial charge in [0.15, 0.2) is 0 Å². The van der Waals surface area contributed by atoms with Crippen molar-refractivity contribution in [1.82, 2.24) is 19.6 Å². The van der Waals surface area contributed by atoms with E-state index in [1.54, 1.807) is 4.68 Å². The second-order valence-electron chi connectivity index (χ2n) is 7.52. The number of amides is 1. The molecule has 1 aromatic heterocycles. The van der Waals surface area contributed by atoms with E-state index >= 15 is 0 Å². The summed E-state index contributed by atoms with van der Waals surface area (Å²) in [6, 6.07) is 12.7. The first-order valence-electron chi connectivity index (χ1n) is 9.85. The summed E-state index contributed by atoms with van der Waals surface area (Å²) in [7, 11) is 1.86. The molecule has 1 aromatic carbocycles. The highest BCUT2D eigenvalue weighted by atomic mass is 16.2. The molecule has 1 aliphatic heterocycles. The van der Waals surface area contributed by atoms with Crippen LogP contribution in [0.15, 0.2) is 36.4 Å². The van der Waals surface area contributed by atoms with Crippen LogP contribution in [-0.2, 0) is 7.05 Å². The number of nitrogens with zero attached hydrogens (tertiary/aromatic N) is 4. The minimum atomic E-state index is 0.102. The normalized spacial score (nSPS) is 19.7. The summed E-state index contributed by atoms with van der Waals surface area (Å²) in [5.41, 5.74) is 2.58. The van der Waals surface area contributed by atoms with E-state index in [9.17, 15) is 4.79 Å². The Morgan fingerprint density at radius 3 is 2.38 bits per heavy atom. The number of carbonyl (C=O) groups is 1. The van der Waals surface area contributed by atoms with Crippen LogP contribution in [0, 0.1) is 0 Å². The summed E-state index contributed by atoms with van der Waals surface area (Å²) >= 11 is 0. The molecule has 0 bridgehead atoms. The molecular formula is C21H28N4O.